The summed E-state index contributed by atoms with van der Waals surface area (Å²) in [5.41, 5.74) is 1.60. The van der Waals surface area contributed by atoms with Gasteiger partial charge in [-0.15, -0.1) is 0 Å². The van der Waals surface area contributed by atoms with Gasteiger partial charge in [0.15, 0.2) is 5.78 Å². The summed E-state index contributed by atoms with van der Waals surface area (Å²) in [6, 6.07) is 15.9. The molecule has 0 saturated carbocycles. The van der Waals surface area contributed by atoms with E-state index in [1.54, 1.807) is 4.90 Å². The quantitative estimate of drug-likeness (QED) is 0.681. The van der Waals surface area contributed by atoms with Crippen LogP contribution in [0.5, 0.6) is 0 Å². The van der Waals surface area contributed by atoms with Crippen LogP contribution in [-0.2, 0) is 14.8 Å². The lowest BCUT2D eigenvalue weighted by Crippen LogP contribution is -2.50. The number of piperazine rings is 1. The number of rotatable bonds is 6. The number of Topliss-reactive ketones (excluding diaryl/α,β-unsaturated/α-hetero) is 1. The van der Waals surface area contributed by atoms with Crippen molar-refractivity contribution in [2.75, 3.05) is 26.2 Å². The van der Waals surface area contributed by atoms with Gasteiger partial charge in [-0.05, 0) is 30.5 Å². The van der Waals surface area contributed by atoms with Crippen LogP contribution >= 0.6 is 0 Å². The molecule has 6 nitrogen and oxygen atoms in total. The van der Waals surface area contributed by atoms with E-state index in [0.717, 1.165) is 5.56 Å². The highest BCUT2D eigenvalue weighted by molar-refractivity contribution is 7.89. The molecular formula is C22H26N2O4S. The van der Waals surface area contributed by atoms with Gasteiger partial charge in [-0.25, -0.2) is 8.42 Å². The summed E-state index contributed by atoms with van der Waals surface area (Å²) in [6.45, 7) is 4.76. The second kappa shape index (κ2) is 8.88. The Bertz CT molecular complexity index is 964. The first-order valence-electron chi connectivity index (χ1n) is 9.73. The summed E-state index contributed by atoms with van der Waals surface area (Å²) in [6.07, 6.45) is 0.406. The highest BCUT2D eigenvalue weighted by atomic mass is 32.2. The van der Waals surface area contributed by atoms with Gasteiger partial charge in [-0.2, -0.15) is 4.31 Å². The lowest BCUT2D eigenvalue weighted by Gasteiger charge is -2.34. The predicted octanol–water partition coefficient (Wildman–Crippen LogP) is 2.92. The van der Waals surface area contributed by atoms with Crippen molar-refractivity contribution in [1.29, 1.82) is 0 Å². The van der Waals surface area contributed by atoms with E-state index in [9.17, 15) is 18.0 Å². The van der Waals surface area contributed by atoms with Gasteiger partial charge in [0, 0.05) is 38.2 Å². The molecule has 0 radical (unpaired) electrons. The van der Waals surface area contributed by atoms with E-state index in [-0.39, 0.29) is 35.6 Å². The zero-order valence-electron chi connectivity index (χ0n) is 16.7. The number of sulfonamides is 1. The van der Waals surface area contributed by atoms with Crippen molar-refractivity contribution in [2.45, 2.75) is 31.1 Å². The normalized spacial score (nSPS) is 16.4. The minimum atomic E-state index is -3.64. The van der Waals surface area contributed by atoms with Crippen LogP contribution in [0, 0.1) is 0 Å². The van der Waals surface area contributed by atoms with Crippen LogP contribution in [0.4, 0.5) is 0 Å². The Morgan fingerprint density at radius 3 is 2.07 bits per heavy atom. The van der Waals surface area contributed by atoms with Crippen molar-refractivity contribution < 1.29 is 18.0 Å². The summed E-state index contributed by atoms with van der Waals surface area (Å²) in [5, 5.41) is 0. The van der Waals surface area contributed by atoms with Crippen LogP contribution in [0.1, 0.15) is 42.1 Å². The molecule has 1 amide bonds. The van der Waals surface area contributed by atoms with E-state index >= 15 is 0 Å². The van der Waals surface area contributed by atoms with E-state index in [0.29, 0.717) is 25.1 Å². The molecule has 29 heavy (non-hydrogen) atoms. The largest absolute Gasteiger partial charge is 0.340 e. The fourth-order valence-electron chi connectivity index (χ4n) is 3.48. The van der Waals surface area contributed by atoms with Crippen LogP contribution in [0.3, 0.4) is 0 Å². The molecular weight excluding hydrogens is 388 g/mol. The fourth-order valence-corrected chi connectivity index (χ4v) is 4.90. The summed E-state index contributed by atoms with van der Waals surface area (Å²) in [5.74, 6) is 0.0558. The average Bonchev–Trinajstić information content (AvgIpc) is 2.74. The molecule has 0 N–H and O–H groups in total. The van der Waals surface area contributed by atoms with Crippen molar-refractivity contribution in [2.24, 2.45) is 0 Å². The molecule has 0 aromatic heterocycles. The van der Waals surface area contributed by atoms with Gasteiger partial charge in [0.1, 0.15) is 0 Å². The summed E-state index contributed by atoms with van der Waals surface area (Å²) < 4.78 is 27.1. The molecule has 2 aromatic rings. The molecule has 1 aliphatic rings. The topological polar surface area (TPSA) is 74.8 Å². The predicted molar refractivity (Wildman–Crippen MR) is 111 cm³/mol. The van der Waals surface area contributed by atoms with Gasteiger partial charge < -0.3 is 4.90 Å². The standard InChI is InChI=1S/C22H26N2O4S/c1-17(19-6-4-3-5-7-19)16-22(26)23-12-14-24(15-13-23)29(27,28)21-10-8-20(9-11-21)18(2)25/h3-11,17H,12-16H2,1-2H3/t17-/m1/s1. The van der Waals surface area contributed by atoms with Gasteiger partial charge in [-0.3, -0.25) is 9.59 Å². The number of carbonyl (C=O) groups is 2. The smallest absolute Gasteiger partial charge is 0.243 e. The lowest BCUT2D eigenvalue weighted by atomic mass is 9.97. The van der Waals surface area contributed by atoms with Crippen LogP contribution in [0.25, 0.3) is 0 Å². The third kappa shape index (κ3) is 4.92. The van der Waals surface area contributed by atoms with Crippen LogP contribution in [0.2, 0.25) is 0 Å². The minimum Gasteiger partial charge on any atom is -0.340 e. The van der Waals surface area contributed by atoms with Gasteiger partial charge in [0.25, 0.3) is 0 Å². The lowest BCUT2D eigenvalue weighted by molar-refractivity contribution is -0.132. The monoisotopic (exact) mass is 414 g/mol. The van der Waals surface area contributed by atoms with Crippen LogP contribution in [0.15, 0.2) is 59.5 Å². The summed E-state index contributed by atoms with van der Waals surface area (Å²) >= 11 is 0. The Hall–Kier alpha value is -2.51. The van der Waals surface area contributed by atoms with Crippen LogP contribution < -0.4 is 0 Å². The zero-order valence-corrected chi connectivity index (χ0v) is 17.6. The molecule has 1 aliphatic heterocycles. The Balaban J connectivity index is 1.59. The number of benzene rings is 2. The van der Waals surface area contributed by atoms with E-state index in [2.05, 4.69) is 0 Å². The van der Waals surface area contributed by atoms with E-state index < -0.39 is 10.0 Å². The minimum absolute atomic E-state index is 0.0456. The van der Waals surface area contributed by atoms with Crippen molar-refractivity contribution >= 4 is 21.7 Å². The molecule has 0 aliphatic carbocycles. The summed E-state index contributed by atoms with van der Waals surface area (Å²) in [7, 11) is -3.64. The maximum Gasteiger partial charge on any atom is 0.243 e. The number of hydrogen-bond acceptors (Lipinski definition) is 4. The molecule has 0 unspecified atom stereocenters. The van der Waals surface area contributed by atoms with Crippen molar-refractivity contribution in [3.8, 4) is 0 Å². The van der Waals surface area contributed by atoms with Gasteiger partial charge in [0.05, 0.1) is 4.90 Å². The molecule has 3 rings (SSSR count). The summed E-state index contributed by atoms with van der Waals surface area (Å²) in [4.78, 5) is 25.9. The average molecular weight is 415 g/mol. The highest BCUT2D eigenvalue weighted by Crippen LogP contribution is 2.22. The number of carbonyl (C=O) groups excluding carboxylic acids is 2. The van der Waals surface area contributed by atoms with Crippen molar-refractivity contribution in [1.82, 2.24) is 9.21 Å². The highest BCUT2D eigenvalue weighted by Gasteiger charge is 2.30. The van der Waals surface area contributed by atoms with E-state index in [1.165, 1.54) is 35.5 Å². The van der Waals surface area contributed by atoms with Crippen LogP contribution in [-0.4, -0.2) is 55.5 Å². The molecule has 7 heteroatoms. The second-order valence-electron chi connectivity index (χ2n) is 7.38. The Morgan fingerprint density at radius 2 is 1.52 bits per heavy atom. The zero-order chi connectivity index (χ0) is 21.0. The maximum absolute atomic E-state index is 12.8. The molecule has 0 bridgehead atoms. The number of amides is 1. The molecule has 154 valence electrons. The molecule has 1 heterocycles. The Labute approximate surface area is 172 Å². The fraction of sp³-hybridized carbons (Fsp3) is 0.364. The third-order valence-corrected chi connectivity index (χ3v) is 7.25. The number of hydrogen-bond donors (Lipinski definition) is 0. The molecule has 1 atom stereocenters. The number of nitrogens with zero attached hydrogens (tertiary/aromatic N) is 2. The molecule has 1 saturated heterocycles. The third-order valence-electron chi connectivity index (χ3n) is 5.34. The van der Waals surface area contributed by atoms with Gasteiger partial charge >= 0.3 is 0 Å². The molecule has 2 aromatic carbocycles. The first-order valence-corrected chi connectivity index (χ1v) is 11.2. The second-order valence-corrected chi connectivity index (χ2v) is 9.32. The van der Waals surface area contributed by atoms with Crippen molar-refractivity contribution in [3.63, 3.8) is 0 Å². The SMILES string of the molecule is CC(=O)c1ccc(S(=O)(=O)N2CCN(C(=O)C[C@@H](C)c3ccccc3)CC2)cc1. The first-order chi connectivity index (χ1) is 13.8. The van der Waals surface area contributed by atoms with Gasteiger partial charge in [-0.1, -0.05) is 49.4 Å². The Morgan fingerprint density at radius 1 is 0.931 bits per heavy atom. The first kappa shape index (κ1) is 21.2. The molecule has 0 spiro atoms. The molecule has 1 fully saturated rings. The van der Waals surface area contributed by atoms with E-state index in [1.807, 2.05) is 37.3 Å². The number of ketones is 1. The maximum atomic E-state index is 12.8. The van der Waals surface area contributed by atoms with Crippen molar-refractivity contribution in [3.05, 3.63) is 65.7 Å². The van der Waals surface area contributed by atoms with Gasteiger partial charge in [0.2, 0.25) is 15.9 Å². The Kier molecular flexibility index (Phi) is 6.49. The van der Waals surface area contributed by atoms with E-state index in [4.69, 9.17) is 0 Å².